The third kappa shape index (κ3) is 3.37. The van der Waals surface area contributed by atoms with Crippen molar-refractivity contribution >= 4 is 16.0 Å². The summed E-state index contributed by atoms with van der Waals surface area (Å²) in [5.41, 5.74) is 1.78. The molecule has 0 unspecified atom stereocenters. The predicted molar refractivity (Wildman–Crippen MR) is 75.0 cm³/mol. The van der Waals surface area contributed by atoms with Crippen LogP contribution >= 0.6 is 0 Å². The number of rotatable bonds is 4. The fraction of sp³-hybridized carbons (Fsp3) is 0.500. The molecule has 2 N–H and O–H groups in total. The number of carboxylic acid groups (broad SMARTS) is 1. The highest BCUT2D eigenvalue weighted by Crippen LogP contribution is 2.27. The molecule has 20 heavy (non-hydrogen) atoms. The summed E-state index contributed by atoms with van der Waals surface area (Å²) in [4.78, 5) is 11.1. The van der Waals surface area contributed by atoms with E-state index in [4.69, 9.17) is 5.11 Å². The highest BCUT2D eigenvalue weighted by Gasteiger charge is 2.32. The van der Waals surface area contributed by atoms with E-state index in [0.29, 0.717) is 19.3 Å². The van der Waals surface area contributed by atoms with Gasteiger partial charge in [-0.15, -0.1) is 0 Å². The van der Waals surface area contributed by atoms with Gasteiger partial charge in [-0.05, 0) is 56.4 Å². The third-order valence-electron chi connectivity index (χ3n) is 3.61. The monoisotopic (exact) mass is 297 g/mol. The number of nitrogens with one attached hydrogen (secondary N) is 1. The van der Waals surface area contributed by atoms with Crippen molar-refractivity contribution < 1.29 is 18.3 Å². The average Bonchev–Trinajstić information content (AvgIpc) is 2.75. The van der Waals surface area contributed by atoms with Crippen LogP contribution in [-0.2, 0) is 14.8 Å². The molecule has 0 saturated heterocycles. The number of aliphatic carboxylic acids is 1. The largest absolute Gasteiger partial charge is 0.481 e. The molecule has 0 amide bonds. The van der Waals surface area contributed by atoms with E-state index < -0.39 is 21.9 Å². The van der Waals surface area contributed by atoms with Crippen LogP contribution in [0.25, 0.3) is 0 Å². The van der Waals surface area contributed by atoms with Gasteiger partial charge in [-0.3, -0.25) is 4.79 Å². The molecule has 1 aromatic rings. The Balaban J connectivity index is 2.14. The second-order valence-corrected chi connectivity index (χ2v) is 7.20. The fourth-order valence-corrected chi connectivity index (χ4v) is 4.16. The lowest BCUT2D eigenvalue weighted by molar-refractivity contribution is -0.141. The Morgan fingerprint density at radius 1 is 1.20 bits per heavy atom. The summed E-state index contributed by atoms with van der Waals surface area (Å²) in [5, 5.41) is 8.94. The first-order chi connectivity index (χ1) is 9.28. The standard InChI is InChI=1S/C14H19NO4S/c1-9-5-10(2)7-13(6-9)20(18,19)15-12-4-3-11(8-12)14(16)17/h5-7,11-12,15H,3-4,8H2,1-2H3,(H,16,17)/t11-,12+/m1/s1. The van der Waals surface area contributed by atoms with E-state index in [9.17, 15) is 13.2 Å². The van der Waals surface area contributed by atoms with Crippen molar-refractivity contribution in [1.82, 2.24) is 4.72 Å². The van der Waals surface area contributed by atoms with Gasteiger partial charge in [-0.1, -0.05) is 6.07 Å². The normalized spacial score (nSPS) is 22.9. The Bertz CT molecular complexity index is 604. The molecule has 1 aromatic carbocycles. The Morgan fingerprint density at radius 3 is 2.30 bits per heavy atom. The molecule has 5 nitrogen and oxygen atoms in total. The lowest BCUT2D eigenvalue weighted by Gasteiger charge is -2.14. The Hall–Kier alpha value is -1.40. The second kappa shape index (κ2) is 5.54. The van der Waals surface area contributed by atoms with Crippen molar-refractivity contribution in [1.29, 1.82) is 0 Å². The quantitative estimate of drug-likeness (QED) is 0.888. The van der Waals surface area contributed by atoms with E-state index in [1.54, 1.807) is 12.1 Å². The summed E-state index contributed by atoms with van der Waals surface area (Å²) < 4.78 is 27.2. The van der Waals surface area contributed by atoms with Gasteiger partial charge in [0.05, 0.1) is 10.8 Å². The highest BCUT2D eigenvalue weighted by atomic mass is 32.2. The maximum Gasteiger partial charge on any atom is 0.306 e. The van der Waals surface area contributed by atoms with E-state index in [1.807, 2.05) is 19.9 Å². The first-order valence-electron chi connectivity index (χ1n) is 6.61. The maximum absolute atomic E-state index is 12.3. The zero-order valence-corrected chi connectivity index (χ0v) is 12.4. The van der Waals surface area contributed by atoms with Gasteiger partial charge in [0.2, 0.25) is 10.0 Å². The number of hydrogen-bond acceptors (Lipinski definition) is 3. The van der Waals surface area contributed by atoms with Crippen LogP contribution in [0, 0.1) is 19.8 Å². The molecular formula is C14H19NO4S. The summed E-state index contributed by atoms with van der Waals surface area (Å²) >= 11 is 0. The van der Waals surface area contributed by atoms with Gasteiger partial charge in [0.1, 0.15) is 0 Å². The number of sulfonamides is 1. The van der Waals surface area contributed by atoms with Crippen LogP contribution in [0.2, 0.25) is 0 Å². The third-order valence-corrected chi connectivity index (χ3v) is 5.11. The summed E-state index contributed by atoms with van der Waals surface area (Å²) in [6.45, 7) is 3.70. The van der Waals surface area contributed by atoms with E-state index in [2.05, 4.69) is 4.72 Å². The van der Waals surface area contributed by atoms with Crippen molar-refractivity contribution in [2.24, 2.45) is 5.92 Å². The number of hydrogen-bond donors (Lipinski definition) is 2. The van der Waals surface area contributed by atoms with E-state index in [1.165, 1.54) is 0 Å². The summed E-state index contributed by atoms with van der Waals surface area (Å²) in [7, 11) is -3.58. The predicted octanol–water partition coefficient (Wildman–Crippen LogP) is 1.84. The van der Waals surface area contributed by atoms with Crippen LogP contribution in [0.1, 0.15) is 30.4 Å². The molecule has 0 aromatic heterocycles. The van der Waals surface area contributed by atoms with Crippen molar-refractivity contribution in [2.45, 2.75) is 44.0 Å². The first-order valence-corrected chi connectivity index (χ1v) is 8.09. The molecule has 0 aliphatic heterocycles. The minimum atomic E-state index is -3.58. The maximum atomic E-state index is 12.3. The molecule has 0 bridgehead atoms. The molecule has 1 saturated carbocycles. The summed E-state index contributed by atoms with van der Waals surface area (Å²) in [5.74, 6) is -1.29. The number of carboxylic acids is 1. The molecule has 0 heterocycles. The minimum Gasteiger partial charge on any atom is -0.481 e. The number of aryl methyl sites for hydroxylation is 2. The zero-order chi connectivity index (χ0) is 14.9. The van der Waals surface area contributed by atoms with Crippen LogP contribution in [-0.4, -0.2) is 25.5 Å². The van der Waals surface area contributed by atoms with Crippen LogP contribution in [0.5, 0.6) is 0 Å². The van der Waals surface area contributed by atoms with Gasteiger partial charge >= 0.3 is 5.97 Å². The molecule has 1 fully saturated rings. The smallest absolute Gasteiger partial charge is 0.306 e. The van der Waals surface area contributed by atoms with Crippen LogP contribution < -0.4 is 4.72 Å². The summed E-state index contributed by atoms with van der Waals surface area (Å²) in [6.07, 6.45) is 1.45. The van der Waals surface area contributed by atoms with Gasteiger partial charge in [0.25, 0.3) is 0 Å². The molecule has 0 spiro atoms. The highest BCUT2D eigenvalue weighted by molar-refractivity contribution is 7.89. The summed E-state index contributed by atoms with van der Waals surface area (Å²) in [6, 6.07) is 4.87. The molecule has 0 radical (unpaired) electrons. The lowest BCUT2D eigenvalue weighted by Crippen LogP contribution is -2.33. The van der Waals surface area contributed by atoms with E-state index in [-0.39, 0.29) is 10.9 Å². The number of benzene rings is 1. The van der Waals surface area contributed by atoms with Gasteiger partial charge in [0, 0.05) is 6.04 Å². The molecular weight excluding hydrogens is 278 g/mol. The molecule has 110 valence electrons. The van der Waals surface area contributed by atoms with Crippen LogP contribution in [0.15, 0.2) is 23.1 Å². The number of carbonyl (C=O) groups is 1. The van der Waals surface area contributed by atoms with Crippen LogP contribution in [0.3, 0.4) is 0 Å². The second-order valence-electron chi connectivity index (χ2n) is 5.49. The van der Waals surface area contributed by atoms with Crippen molar-refractivity contribution in [3.8, 4) is 0 Å². The molecule has 1 aliphatic carbocycles. The zero-order valence-electron chi connectivity index (χ0n) is 11.6. The fourth-order valence-electron chi connectivity index (χ4n) is 2.69. The Labute approximate surface area is 119 Å². The molecule has 6 heteroatoms. The first kappa shape index (κ1) is 15.0. The van der Waals surface area contributed by atoms with E-state index >= 15 is 0 Å². The molecule has 2 rings (SSSR count). The molecule has 2 atom stereocenters. The average molecular weight is 297 g/mol. The van der Waals surface area contributed by atoms with Gasteiger partial charge in [0.15, 0.2) is 0 Å². The van der Waals surface area contributed by atoms with Crippen molar-refractivity contribution in [3.63, 3.8) is 0 Å². The van der Waals surface area contributed by atoms with Crippen LogP contribution in [0.4, 0.5) is 0 Å². The van der Waals surface area contributed by atoms with Gasteiger partial charge < -0.3 is 5.11 Å². The Kier molecular flexibility index (Phi) is 4.15. The van der Waals surface area contributed by atoms with E-state index in [0.717, 1.165) is 11.1 Å². The Morgan fingerprint density at radius 2 is 1.80 bits per heavy atom. The van der Waals surface area contributed by atoms with Crippen molar-refractivity contribution in [3.05, 3.63) is 29.3 Å². The van der Waals surface area contributed by atoms with Gasteiger partial charge in [-0.2, -0.15) is 0 Å². The molecule has 1 aliphatic rings. The lowest BCUT2D eigenvalue weighted by atomic mass is 10.1. The minimum absolute atomic E-state index is 0.244. The topological polar surface area (TPSA) is 83.5 Å². The van der Waals surface area contributed by atoms with Gasteiger partial charge in [-0.25, -0.2) is 13.1 Å². The SMILES string of the molecule is Cc1cc(C)cc(S(=O)(=O)N[C@H]2CC[C@@H](C(=O)O)C2)c1. The van der Waals surface area contributed by atoms with Crippen molar-refractivity contribution in [2.75, 3.05) is 0 Å².